The summed E-state index contributed by atoms with van der Waals surface area (Å²) < 4.78 is 33.4. The average molecular weight is 427 g/mol. The second-order valence-electron chi connectivity index (χ2n) is 8.90. The number of ether oxygens (including phenoxy) is 1. The molecule has 1 saturated carbocycles. The number of aliphatic carboxylic acids is 1. The summed E-state index contributed by atoms with van der Waals surface area (Å²) in [5, 5.41) is 9.77. The number of likely N-dealkylation sites (tertiary alicyclic amines) is 1. The van der Waals surface area contributed by atoms with Gasteiger partial charge in [-0.05, 0) is 28.7 Å². The molecule has 5 nitrogen and oxygen atoms in total. The highest BCUT2D eigenvalue weighted by Gasteiger charge is 2.60. The highest BCUT2D eigenvalue weighted by Crippen LogP contribution is 2.52. The van der Waals surface area contributed by atoms with Crippen LogP contribution in [-0.4, -0.2) is 47.7 Å². The minimum Gasteiger partial charge on any atom is -0.481 e. The van der Waals surface area contributed by atoms with E-state index in [0.29, 0.717) is 0 Å². The van der Waals surface area contributed by atoms with Gasteiger partial charge in [0.25, 0.3) is 0 Å². The van der Waals surface area contributed by atoms with Crippen molar-refractivity contribution in [3.05, 3.63) is 59.7 Å². The Balaban J connectivity index is 1.32. The molecule has 0 bridgehead atoms. The molecule has 2 aromatic carbocycles. The fourth-order valence-corrected chi connectivity index (χ4v) is 5.56. The number of hydrogen-bond acceptors (Lipinski definition) is 3. The van der Waals surface area contributed by atoms with E-state index in [1.807, 2.05) is 48.5 Å². The van der Waals surface area contributed by atoms with Gasteiger partial charge < -0.3 is 14.7 Å². The molecule has 2 aliphatic carbocycles. The number of alkyl halides is 2. The molecule has 1 heterocycles. The maximum Gasteiger partial charge on any atom is 0.409 e. The van der Waals surface area contributed by atoms with Gasteiger partial charge >= 0.3 is 12.1 Å². The Morgan fingerprint density at radius 3 is 2.26 bits per heavy atom. The first-order valence-corrected chi connectivity index (χ1v) is 10.5. The molecule has 3 aliphatic rings. The van der Waals surface area contributed by atoms with Crippen molar-refractivity contribution in [3.8, 4) is 11.1 Å². The van der Waals surface area contributed by atoms with Crippen molar-refractivity contribution in [2.24, 2.45) is 11.3 Å². The summed E-state index contributed by atoms with van der Waals surface area (Å²) in [7, 11) is 0. The van der Waals surface area contributed by atoms with Crippen LogP contribution in [0.1, 0.15) is 36.3 Å². The Bertz CT molecular complexity index is 1010. The van der Waals surface area contributed by atoms with Gasteiger partial charge in [-0.1, -0.05) is 48.5 Å². The molecule has 5 rings (SSSR count). The van der Waals surface area contributed by atoms with Crippen molar-refractivity contribution < 1.29 is 28.2 Å². The fourth-order valence-electron chi connectivity index (χ4n) is 5.56. The predicted molar refractivity (Wildman–Crippen MR) is 109 cm³/mol. The van der Waals surface area contributed by atoms with Crippen LogP contribution in [0.25, 0.3) is 11.1 Å². The molecular weight excluding hydrogens is 404 g/mol. The van der Waals surface area contributed by atoms with Crippen molar-refractivity contribution in [3.63, 3.8) is 0 Å². The lowest BCUT2D eigenvalue weighted by Crippen LogP contribution is -2.46. The first-order chi connectivity index (χ1) is 14.8. The Hall–Kier alpha value is -2.96. The molecule has 1 amide bonds. The van der Waals surface area contributed by atoms with Crippen LogP contribution in [0.3, 0.4) is 0 Å². The summed E-state index contributed by atoms with van der Waals surface area (Å²) in [5.41, 5.74) is 3.06. The number of halogens is 2. The molecule has 31 heavy (non-hydrogen) atoms. The number of fused-ring (bicyclic) bond motifs is 4. The van der Waals surface area contributed by atoms with E-state index in [0.717, 1.165) is 22.3 Å². The third kappa shape index (κ3) is 3.18. The number of rotatable bonds is 3. The lowest BCUT2D eigenvalue weighted by Gasteiger charge is -2.37. The SMILES string of the molecule is O=C(OCC1c2ccccc2-c2ccccc21)N1CC2CC(F)(F)CCC2(C(=O)O)C1. The summed E-state index contributed by atoms with van der Waals surface area (Å²) in [6, 6.07) is 15.9. The van der Waals surface area contributed by atoms with E-state index in [2.05, 4.69) is 0 Å². The number of carbonyl (C=O) groups is 2. The van der Waals surface area contributed by atoms with Gasteiger partial charge in [0.05, 0.1) is 5.41 Å². The second-order valence-corrected chi connectivity index (χ2v) is 8.90. The molecule has 2 unspecified atom stereocenters. The van der Waals surface area contributed by atoms with Crippen LogP contribution in [0, 0.1) is 11.3 Å². The van der Waals surface area contributed by atoms with Gasteiger partial charge in [0.15, 0.2) is 0 Å². The van der Waals surface area contributed by atoms with Crippen molar-refractivity contribution in [2.45, 2.75) is 31.1 Å². The molecule has 2 aromatic rings. The fraction of sp³-hybridized carbons (Fsp3) is 0.417. The molecule has 1 N–H and O–H groups in total. The molecule has 7 heteroatoms. The summed E-state index contributed by atoms with van der Waals surface area (Å²) in [6.07, 6.45) is -1.74. The van der Waals surface area contributed by atoms with Crippen molar-refractivity contribution in [1.29, 1.82) is 0 Å². The van der Waals surface area contributed by atoms with E-state index in [1.54, 1.807) is 0 Å². The monoisotopic (exact) mass is 427 g/mol. The number of benzene rings is 2. The minimum absolute atomic E-state index is 0.0153. The van der Waals surface area contributed by atoms with E-state index in [4.69, 9.17) is 4.74 Å². The van der Waals surface area contributed by atoms with Gasteiger partial charge in [-0.15, -0.1) is 0 Å². The zero-order valence-corrected chi connectivity index (χ0v) is 16.9. The smallest absolute Gasteiger partial charge is 0.409 e. The van der Waals surface area contributed by atoms with Gasteiger partial charge in [0.1, 0.15) is 6.61 Å². The topological polar surface area (TPSA) is 66.8 Å². The molecule has 0 radical (unpaired) electrons. The van der Waals surface area contributed by atoms with Crippen LogP contribution in [0.15, 0.2) is 48.5 Å². The summed E-state index contributed by atoms with van der Waals surface area (Å²) in [5.74, 6) is -4.88. The Morgan fingerprint density at radius 1 is 1.03 bits per heavy atom. The predicted octanol–water partition coefficient (Wildman–Crippen LogP) is 4.76. The van der Waals surface area contributed by atoms with Gasteiger partial charge in [0, 0.05) is 37.8 Å². The van der Waals surface area contributed by atoms with Crippen LogP contribution in [-0.2, 0) is 9.53 Å². The highest BCUT2D eigenvalue weighted by molar-refractivity contribution is 5.80. The summed E-state index contributed by atoms with van der Waals surface area (Å²) in [4.78, 5) is 26.1. The molecule has 2 atom stereocenters. The molecule has 1 saturated heterocycles. The largest absolute Gasteiger partial charge is 0.481 e. The highest BCUT2D eigenvalue weighted by atomic mass is 19.3. The first kappa shape index (κ1) is 20.0. The lowest BCUT2D eigenvalue weighted by molar-refractivity contribution is -0.160. The van der Waals surface area contributed by atoms with Crippen molar-refractivity contribution in [1.82, 2.24) is 4.90 Å². The summed E-state index contributed by atoms with van der Waals surface area (Å²) >= 11 is 0. The van der Waals surface area contributed by atoms with E-state index >= 15 is 0 Å². The van der Waals surface area contributed by atoms with Gasteiger partial charge in [-0.3, -0.25) is 4.79 Å². The quantitative estimate of drug-likeness (QED) is 0.767. The van der Waals surface area contributed by atoms with Crippen LogP contribution in [0.5, 0.6) is 0 Å². The number of amides is 1. The maximum absolute atomic E-state index is 13.9. The van der Waals surface area contributed by atoms with Crippen molar-refractivity contribution >= 4 is 12.1 Å². The zero-order valence-electron chi connectivity index (χ0n) is 16.9. The third-order valence-corrected chi connectivity index (χ3v) is 7.20. The Morgan fingerprint density at radius 2 is 1.65 bits per heavy atom. The molecular formula is C24H23F2NO4. The van der Waals surface area contributed by atoms with Gasteiger partial charge in [-0.2, -0.15) is 0 Å². The van der Waals surface area contributed by atoms with Gasteiger partial charge in [0.2, 0.25) is 5.92 Å². The minimum atomic E-state index is -2.89. The number of carbonyl (C=O) groups excluding carboxylic acids is 1. The molecule has 0 spiro atoms. The van der Waals surface area contributed by atoms with E-state index in [1.165, 1.54) is 4.90 Å². The molecule has 2 fully saturated rings. The summed E-state index contributed by atoms with van der Waals surface area (Å²) in [6.45, 7) is 0.0164. The standard InChI is InChI=1S/C24H23F2NO4/c25-24(26)10-9-23(21(28)29)14-27(12-15(23)11-24)22(30)31-13-20-18-7-3-1-5-16(18)17-6-2-4-8-19(17)20/h1-8,15,20H,9-14H2,(H,28,29). The third-order valence-electron chi connectivity index (χ3n) is 7.20. The van der Waals surface area contributed by atoms with Gasteiger partial charge in [-0.25, -0.2) is 13.6 Å². The lowest BCUT2D eigenvalue weighted by atomic mass is 9.67. The number of carboxylic acid groups (broad SMARTS) is 1. The zero-order chi connectivity index (χ0) is 21.8. The maximum atomic E-state index is 13.9. The average Bonchev–Trinajstić information content (AvgIpc) is 3.28. The second kappa shape index (κ2) is 7.04. The van der Waals surface area contributed by atoms with Crippen molar-refractivity contribution in [2.75, 3.05) is 19.7 Å². The Kier molecular flexibility index (Phi) is 4.53. The van der Waals surface area contributed by atoms with E-state index in [-0.39, 0.29) is 32.0 Å². The van der Waals surface area contributed by atoms with E-state index < -0.39 is 42.2 Å². The van der Waals surface area contributed by atoms with Crippen LogP contribution in [0.4, 0.5) is 13.6 Å². The van der Waals surface area contributed by atoms with Crippen LogP contribution < -0.4 is 0 Å². The first-order valence-electron chi connectivity index (χ1n) is 10.5. The number of hydrogen-bond donors (Lipinski definition) is 1. The number of carboxylic acids is 1. The molecule has 0 aromatic heterocycles. The van der Waals surface area contributed by atoms with E-state index in [9.17, 15) is 23.5 Å². The Labute approximate surface area is 178 Å². The molecule has 1 aliphatic heterocycles. The molecule has 162 valence electrons. The van der Waals surface area contributed by atoms with Crippen LogP contribution >= 0.6 is 0 Å². The van der Waals surface area contributed by atoms with Crippen LogP contribution in [0.2, 0.25) is 0 Å². The normalized spacial score (nSPS) is 26.1. The number of nitrogens with zero attached hydrogens (tertiary/aromatic N) is 1.